The van der Waals surface area contributed by atoms with Crippen LogP contribution >= 0.6 is 0 Å². The number of hydrogen-bond acceptors (Lipinski definition) is 4. The number of fused-ring (bicyclic) bond motifs is 1. The van der Waals surface area contributed by atoms with Gasteiger partial charge in [0.05, 0.1) is 18.6 Å². The highest BCUT2D eigenvalue weighted by molar-refractivity contribution is 5.93. The normalized spacial score (nSPS) is 37.9. The van der Waals surface area contributed by atoms with Crippen LogP contribution in [0, 0.1) is 11.8 Å². The number of esters is 1. The first kappa shape index (κ1) is 13.3. The van der Waals surface area contributed by atoms with Crippen LogP contribution < -0.4 is 0 Å². The lowest BCUT2D eigenvalue weighted by Crippen LogP contribution is -2.37. The minimum absolute atomic E-state index is 0.0340. The first-order valence-corrected chi connectivity index (χ1v) is 6.67. The smallest absolute Gasteiger partial charge is 0.306 e. The number of carbonyl (C=O) groups excluding carboxylic acids is 2. The fraction of sp³-hybridized carbons (Fsp3) is 0.714. The van der Waals surface area contributed by atoms with Gasteiger partial charge in [-0.05, 0) is 32.3 Å². The van der Waals surface area contributed by atoms with Crippen molar-refractivity contribution in [1.82, 2.24) is 0 Å². The molecule has 4 heteroatoms. The first-order valence-electron chi connectivity index (χ1n) is 6.67. The van der Waals surface area contributed by atoms with Crippen molar-refractivity contribution in [3.8, 4) is 0 Å². The molecule has 0 aromatic carbocycles. The first-order chi connectivity index (χ1) is 8.58. The molecule has 4 nitrogen and oxygen atoms in total. The topological polar surface area (TPSA) is 63.6 Å². The maximum Gasteiger partial charge on any atom is 0.306 e. The monoisotopic (exact) mass is 252 g/mol. The van der Waals surface area contributed by atoms with Gasteiger partial charge in [0.25, 0.3) is 0 Å². The van der Waals surface area contributed by atoms with Crippen LogP contribution in [0.15, 0.2) is 12.2 Å². The number of ether oxygens (including phenoxy) is 1. The van der Waals surface area contributed by atoms with Crippen molar-refractivity contribution in [2.75, 3.05) is 0 Å². The highest BCUT2D eigenvalue weighted by Gasteiger charge is 2.36. The van der Waals surface area contributed by atoms with Gasteiger partial charge in [0.2, 0.25) is 0 Å². The Kier molecular flexibility index (Phi) is 4.17. The average molecular weight is 252 g/mol. The summed E-state index contributed by atoms with van der Waals surface area (Å²) in [6.07, 6.45) is 5.78. The summed E-state index contributed by atoms with van der Waals surface area (Å²) < 4.78 is 5.27. The number of carbonyl (C=O) groups is 2. The van der Waals surface area contributed by atoms with E-state index in [1.807, 2.05) is 6.92 Å². The van der Waals surface area contributed by atoms with Gasteiger partial charge in [-0.3, -0.25) is 9.59 Å². The second-order valence-corrected chi connectivity index (χ2v) is 5.31. The highest BCUT2D eigenvalue weighted by Crippen LogP contribution is 2.32. The second-order valence-electron chi connectivity index (χ2n) is 5.31. The van der Waals surface area contributed by atoms with Crippen molar-refractivity contribution in [3.05, 3.63) is 12.2 Å². The van der Waals surface area contributed by atoms with E-state index in [1.165, 1.54) is 12.2 Å². The molecule has 1 N–H and O–H groups in total. The van der Waals surface area contributed by atoms with Gasteiger partial charge < -0.3 is 9.84 Å². The van der Waals surface area contributed by atoms with Crippen LogP contribution in [-0.2, 0) is 14.3 Å². The third kappa shape index (κ3) is 2.99. The predicted molar refractivity (Wildman–Crippen MR) is 65.8 cm³/mol. The van der Waals surface area contributed by atoms with Gasteiger partial charge >= 0.3 is 5.97 Å². The van der Waals surface area contributed by atoms with Crippen LogP contribution in [0.1, 0.15) is 39.0 Å². The van der Waals surface area contributed by atoms with Gasteiger partial charge in [-0.1, -0.05) is 12.5 Å². The summed E-state index contributed by atoms with van der Waals surface area (Å²) in [5.41, 5.74) is 0. The van der Waals surface area contributed by atoms with Crippen molar-refractivity contribution in [2.45, 2.75) is 51.2 Å². The third-order valence-corrected chi connectivity index (χ3v) is 3.89. The lowest BCUT2D eigenvalue weighted by Gasteiger charge is -2.31. The number of ketones is 1. The standard InChI is InChI=1S/C14H20O4/c1-9-4-2-3-5-10-11(8-14(17)18-9)13(16)7-6-12(10)15/h6-7,9-11,13,16H,2-5,8H2,1H3/t9-,10+,11-,13+/m1/s1. The Labute approximate surface area is 107 Å². The van der Waals surface area contributed by atoms with E-state index in [4.69, 9.17) is 4.74 Å². The summed E-state index contributed by atoms with van der Waals surface area (Å²) in [7, 11) is 0. The minimum atomic E-state index is -0.713. The Morgan fingerprint density at radius 1 is 1.28 bits per heavy atom. The Hall–Kier alpha value is -1.16. The molecule has 0 unspecified atom stereocenters. The molecule has 1 saturated heterocycles. The minimum Gasteiger partial charge on any atom is -0.463 e. The molecular weight excluding hydrogens is 232 g/mol. The molecule has 0 amide bonds. The van der Waals surface area contributed by atoms with Gasteiger partial charge in [0, 0.05) is 11.8 Å². The van der Waals surface area contributed by atoms with E-state index in [9.17, 15) is 14.7 Å². The zero-order valence-corrected chi connectivity index (χ0v) is 10.7. The Bertz CT molecular complexity index is 361. The zero-order valence-electron chi connectivity index (χ0n) is 10.7. The number of rotatable bonds is 0. The van der Waals surface area contributed by atoms with E-state index in [0.29, 0.717) is 0 Å². The number of aliphatic hydroxyl groups excluding tert-OH is 1. The molecule has 1 aliphatic heterocycles. The maximum absolute atomic E-state index is 11.9. The molecule has 0 aromatic rings. The molecule has 1 fully saturated rings. The van der Waals surface area contributed by atoms with Crippen molar-refractivity contribution < 1.29 is 19.4 Å². The summed E-state index contributed by atoms with van der Waals surface area (Å²) in [5.74, 6) is -0.820. The van der Waals surface area contributed by atoms with E-state index in [0.717, 1.165) is 25.7 Å². The summed E-state index contributed by atoms with van der Waals surface area (Å²) in [6, 6.07) is 0. The molecule has 4 atom stereocenters. The van der Waals surface area contributed by atoms with E-state index >= 15 is 0 Å². The summed E-state index contributed by atoms with van der Waals surface area (Å²) in [6.45, 7) is 1.89. The number of aliphatic hydroxyl groups is 1. The molecular formula is C14H20O4. The summed E-state index contributed by atoms with van der Waals surface area (Å²) in [5, 5.41) is 9.94. The van der Waals surface area contributed by atoms with Gasteiger partial charge in [-0.25, -0.2) is 0 Å². The van der Waals surface area contributed by atoms with Crippen LogP contribution in [0.25, 0.3) is 0 Å². The predicted octanol–water partition coefficient (Wildman–Crippen LogP) is 1.61. The quantitative estimate of drug-likeness (QED) is 0.665. The molecule has 0 saturated carbocycles. The molecule has 2 aliphatic rings. The Balaban J connectivity index is 2.15. The fourth-order valence-corrected chi connectivity index (χ4v) is 2.85. The molecule has 0 spiro atoms. The van der Waals surface area contributed by atoms with Gasteiger partial charge in [0.15, 0.2) is 5.78 Å². The lowest BCUT2D eigenvalue weighted by molar-refractivity contribution is -0.152. The molecule has 0 radical (unpaired) electrons. The fourth-order valence-electron chi connectivity index (χ4n) is 2.85. The summed E-state index contributed by atoms with van der Waals surface area (Å²) in [4.78, 5) is 23.6. The van der Waals surface area contributed by atoms with Crippen LogP contribution in [0.5, 0.6) is 0 Å². The van der Waals surface area contributed by atoms with E-state index in [2.05, 4.69) is 0 Å². The average Bonchev–Trinajstić information content (AvgIpc) is 2.31. The number of cyclic esters (lactones) is 1. The lowest BCUT2D eigenvalue weighted by atomic mass is 9.75. The molecule has 0 bridgehead atoms. The molecule has 100 valence electrons. The van der Waals surface area contributed by atoms with Gasteiger partial charge in [-0.2, -0.15) is 0 Å². The van der Waals surface area contributed by atoms with Gasteiger partial charge in [0.1, 0.15) is 0 Å². The molecule has 1 aliphatic carbocycles. The molecule has 0 aromatic heterocycles. The van der Waals surface area contributed by atoms with Gasteiger partial charge in [-0.15, -0.1) is 0 Å². The zero-order chi connectivity index (χ0) is 13.1. The van der Waals surface area contributed by atoms with Crippen LogP contribution in [0.3, 0.4) is 0 Å². The maximum atomic E-state index is 11.9. The summed E-state index contributed by atoms with van der Waals surface area (Å²) >= 11 is 0. The van der Waals surface area contributed by atoms with Crippen molar-refractivity contribution in [3.63, 3.8) is 0 Å². The van der Waals surface area contributed by atoms with E-state index < -0.39 is 6.10 Å². The molecule has 18 heavy (non-hydrogen) atoms. The SMILES string of the molecule is C[C@@H]1CCCC[C@@H]2C(=O)C=C[C@H](O)[C@@H]2CC(=O)O1. The van der Waals surface area contributed by atoms with Crippen molar-refractivity contribution in [1.29, 1.82) is 0 Å². The Morgan fingerprint density at radius 3 is 2.78 bits per heavy atom. The second kappa shape index (κ2) is 5.65. The van der Waals surface area contributed by atoms with Crippen LogP contribution in [0.2, 0.25) is 0 Å². The number of hydrogen-bond donors (Lipinski definition) is 1. The largest absolute Gasteiger partial charge is 0.463 e. The number of allylic oxidation sites excluding steroid dienone is 1. The van der Waals surface area contributed by atoms with Crippen LogP contribution in [-0.4, -0.2) is 29.1 Å². The molecule has 1 heterocycles. The van der Waals surface area contributed by atoms with Crippen molar-refractivity contribution >= 4 is 11.8 Å². The highest BCUT2D eigenvalue weighted by atomic mass is 16.5. The third-order valence-electron chi connectivity index (χ3n) is 3.89. The van der Waals surface area contributed by atoms with E-state index in [1.54, 1.807) is 0 Å². The van der Waals surface area contributed by atoms with Crippen molar-refractivity contribution in [2.24, 2.45) is 11.8 Å². The van der Waals surface area contributed by atoms with Crippen LogP contribution in [0.4, 0.5) is 0 Å². The Morgan fingerprint density at radius 2 is 2.00 bits per heavy atom. The molecule has 2 rings (SSSR count). The van der Waals surface area contributed by atoms with E-state index in [-0.39, 0.29) is 36.1 Å².